The third-order valence-electron chi connectivity index (χ3n) is 4.37. The van der Waals surface area contributed by atoms with Gasteiger partial charge in [0.2, 0.25) is 0 Å². The Morgan fingerprint density at radius 3 is 2.09 bits per heavy atom. The molecule has 0 spiro atoms. The number of allylic oxidation sites excluding steroid dienone is 4. The van der Waals surface area contributed by atoms with Crippen LogP contribution in [0.4, 0.5) is 0 Å². The second kappa shape index (κ2) is 5.65. The highest BCUT2D eigenvalue weighted by molar-refractivity contribution is 6.02. The lowest BCUT2D eigenvalue weighted by Crippen LogP contribution is -1.91. The Kier molecular flexibility index (Phi) is 3.36. The zero-order valence-corrected chi connectivity index (χ0v) is 12.5. The van der Waals surface area contributed by atoms with Crippen LogP contribution in [0, 0.1) is 0 Å². The molecule has 0 radical (unpaired) electrons. The summed E-state index contributed by atoms with van der Waals surface area (Å²) in [5.74, 6) is 0. The van der Waals surface area contributed by atoms with Gasteiger partial charge in [0.25, 0.3) is 0 Å². The van der Waals surface area contributed by atoms with E-state index in [-0.39, 0.29) is 0 Å². The summed E-state index contributed by atoms with van der Waals surface area (Å²) in [7, 11) is 0. The van der Waals surface area contributed by atoms with Gasteiger partial charge in [-0.05, 0) is 45.9 Å². The molecule has 106 valence electrons. The number of hydrogen-bond acceptors (Lipinski definition) is 0. The summed E-state index contributed by atoms with van der Waals surface area (Å²) in [6, 6.07) is 24.0. The van der Waals surface area contributed by atoms with Gasteiger partial charge in [0, 0.05) is 0 Å². The Balaban J connectivity index is 1.96. The molecule has 0 saturated carbocycles. The van der Waals surface area contributed by atoms with Gasteiger partial charge < -0.3 is 0 Å². The van der Waals surface area contributed by atoms with Gasteiger partial charge in [-0.1, -0.05) is 85.0 Å². The molecule has 0 aliphatic heterocycles. The van der Waals surface area contributed by atoms with E-state index in [4.69, 9.17) is 0 Å². The van der Waals surface area contributed by atoms with Gasteiger partial charge in [0.15, 0.2) is 0 Å². The second-order valence-electron chi connectivity index (χ2n) is 5.73. The number of fused-ring (bicyclic) bond motifs is 1. The highest BCUT2D eigenvalue weighted by Gasteiger charge is 2.10. The van der Waals surface area contributed by atoms with Gasteiger partial charge in [-0.15, -0.1) is 0 Å². The molecule has 0 N–H and O–H groups in total. The summed E-state index contributed by atoms with van der Waals surface area (Å²) in [6.07, 6.45) is 8.95. The van der Waals surface area contributed by atoms with Gasteiger partial charge in [-0.2, -0.15) is 0 Å². The Morgan fingerprint density at radius 2 is 1.36 bits per heavy atom. The van der Waals surface area contributed by atoms with Crippen molar-refractivity contribution >= 4 is 16.3 Å². The van der Waals surface area contributed by atoms with Crippen LogP contribution in [0.2, 0.25) is 0 Å². The third kappa shape index (κ3) is 2.27. The molecular weight excluding hydrogens is 264 g/mol. The van der Waals surface area contributed by atoms with Gasteiger partial charge in [-0.25, -0.2) is 0 Å². The zero-order valence-electron chi connectivity index (χ0n) is 12.5. The monoisotopic (exact) mass is 282 g/mol. The molecule has 0 aromatic heterocycles. The largest absolute Gasteiger partial charge is 0.0842 e. The van der Waals surface area contributed by atoms with E-state index in [9.17, 15) is 0 Å². The summed E-state index contributed by atoms with van der Waals surface area (Å²) in [5, 5.41) is 2.69. The maximum atomic E-state index is 2.26. The molecule has 0 heterocycles. The van der Waals surface area contributed by atoms with E-state index in [0.29, 0.717) is 0 Å². The van der Waals surface area contributed by atoms with Gasteiger partial charge in [-0.3, -0.25) is 0 Å². The van der Waals surface area contributed by atoms with E-state index < -0.39 is 0 Å². The van der Waals surface area contributed by atoms with Crippen LogP contribution in [0.1, 0.15) is 18.4 Å². The van der Waals surface area contributed by atoms with Crippen LogP contribution in [0.3, 0.4) is 0 Å². The molecule has 4 rings (SSSR count). The quantitative estimate of drug-likeness (QED) is 0.522. The maximum absolute atomic E-state index is 2.26. The average molecular weight is 282 g/mol. The van der Waals surface area contributed by atoms with Crippen LogP contribution in [-0.4, -0.2) is 0 Å². The van der Waals surface area contributed by atoms with Gasteiger partial charge >= 0.3 is 0 Å². The summed E-state index contributed by atoms with van der Waals surface area (Å²) in [4.78, 5) is 0. The van der Waals surface area contributed by atoms with Crippen molar-refractivity contribution in [3.05, 3.63) is 90.5 Å². The highest BCUT2D eigenvalue weighted by atomic mass is 14.1. The Bertz CT molecular complexity index is 867. The average Bonchev–Trinajstić information content (AvgIpc) is 2.62. The minimum Gasteiger partial charge on any atom is -0.0842 e. The smallest absolute Gasteiger partial charge is 0.00993 e. The fourth-order valence-corrected chi connectivity index (χ4v) is 3.29. The molecular formula is C22H18. The van der Waals surface area contributed by atoms with Crippen molar-refractivity contribution in [2.24, 2.45) is 0 Å². The summed E-state index contributed by atoms with van der Waals surface area (Å²) in [5.41, 5.74) is 5.41. The molecule has 1 aliphatic rings. The van der Waals surface area contributed by atoms with Crippen LogP contribution < -0.4 is 0 Å². The maximum Gasteiger partial charge on any atom is -0.00993 e. The normalized spacial score (nSPS) is 14.1. The summed E-state index contributed by atoms with van der Waals surface area (Å²) < 4.78 is 0. The topological polar surface area (TPSA) is 0 Å². The standard InChI is InChI=1S/C22H18/c1-3-9-17(10-4-1)19-13-7-16-22-20(14-8-15-21(19)22)18-11-5-2-6-12-18/h1-5,7-11,13-16H,6,12H2. The molecule has 1 aliphatic carbocycles. The van der Waals surface area contributed by atoms with Crippen molar-refractivity contribution in [1.29, 1.82) is 0 Å². The SMILES string of the molecule is C1=CCCC(c2cccc3c(-c4ccccc4)cccc23)=C1. The lowest BCUT2D eigenvalue weighted by molar-refractivity contribution is 1.06. The third-order valence-corrected chi connectivity index (χ3v) is 4.37. The predicted molar refractivity (Wildman–Crippen MR) is 95.7 cm³/mol. The zero-order chi connectivity index (χ0) is 14.8. The number of benzene rings is 3. The first kappa shape index (κ1) is 13.1. The lowest BCUT2D eigenvalue weighted by atomic mass is 9.90. The predicted octanol–water partition coefficient (Wildman–Crippen LogP) is 6.24. The molecule has 0 nitrogen and oxygen atoms in total. The molecule has 0 atom stereocenters. The summed E-state index contributed by atoms with van der Waals surface area (Å²) in [6.45, 7) is 0. The van der Waals surface area contributed by atoms with E-state index in [1.165, 1.54) is 33.0 Å². The van der Waals surface area contributed by atoms with Crippen LogP contribution in [0.15, 0.2) is 85.0 Å². The van der Waals surface area contributed by atoms with E-state index in [2.05, 4.69) is 85.0 Å². The number of rotatable bonds is 2. The van der Waals surface area contributed by atoms with Crippen molar-refractivity contribution in [2.75, 3.05) is 0 Å². The molecule has 3 aromatic rings. The van der Waals surface area contributed by atoms with E-state index in [1.807, 2.05) is 0 Å². The summed E-state index contributed by atoms with van der Waals surface area (Å²) >= 11 is 0. The van der Waals surface area contributed by atoms with Crippen LogP contribution in [0.5, 0.6) is 0 Å². The highest BCUT2D eigenvalue weighted by Crippen LogP contribution is 2.34. The number of hydrogen-bond donors (Lipinski definition) is 0. The molecule has 0 fully saturated rings. The molecule has 22 heavy (non-hydrogen) atoms. The molecule has 0 heteroatoms. The first-order valence-electron chi connectivity index (χ1n) is 7.87. The molecule has 3 aromatic carbocycles. The van der Waals surface area contributed by atoms with E-state index in [0.717, 1.165) is 12.8 Å². The van der Waals surface area contributed by atoms with Gasteiger partial charge in [0.05, 0.1) is 0 Å². The lowest BCUT2D eigenvalue weighted by Gasteiger charge is -2.14. The molecule has 0 bridgehead atoms. The fourth-order valence-electron chi connectivity index (χ4n) is 3.29. The Labute approximate surface area is 131 Å². The van der Waals surface area contributed by atoms with Crippen molar-refractivity contribution in [2.45, 2.75) is 12.8 Å². The molecule has 0 saturated heterocycles. The molecule has 0 unspecified atom stereocenters. The van der Waals surface area contributed by atoms with Crippen molar-refractivity contribution in [1.82, 2.24) is 0 Å². The van der Waals surface area contributed by atoms with Crippen molar-refractivity contribution in [3.8, 4) is 11.1 Å². The van der Waals surface area contributed by atoms with Gasteiger partial charge in [0.1, 0.15) is 0 Å². The van der Waals surface area contributed by atoms with Crippen LogP contribution in [-0.2, 0) is 0 Å². The first-order chi connectivity index (χ1) is 10.9. The van der Waals surface area contributed by atoms with E-state index >= 15 is 0 Å². The first-order valence-corrected chi connectivity index (χ1v) is 7.87. The minimum atomic E-state index is 1.13. The van der Waals surface area contributed by atoms with Crippen molar-refractivity contribution in [3.63, 3.8) is 0 Å². The van der Waals surface area contributed by atoms with E-state index in [1.54, 1.807) is 0 Å². The Hall–Kier alpha value is -2.60. The van der Waals surface area contributed by atoms with Crippen LogP contribution in [0.25, 0.3) is 27.5 Å². The minimum absolute atomic E-state index is 1.13. The Morgan fingerprint density at radius 1 is 0.636 bits per heavy atom. The second-order valence-corrected chi connectivity index (χ2v) is 5.73. The molecule has 0 amide bonds. The van der Waals surface area contributed by atoms with Crippen LogP contribution >= 0.6 is 0 Å². The van der Waals surface area contributed by atoms with Crippen molar-refractivity contribution < 1.29 is 0 Å². The fraction of sp³-hybridized carbons (Fsp3) is 0.0909.